The number of hydrogen-bond donors (Lipinski definition) is 1. The molecule has 4 aliphatic heterocycles. The number of aliphatic imine (C=N–C) groups is 2. The van der Waals surface area contributed by atoms with Crippen molar-refractivity contribution >= 4 is 155 Å². The highest BCUT2D eigenvalue weighted by atomic mass is 35.5. The third-order valence-corrected chi connectivity index (χ3v) is 32.6. The second-order valence-electron chi connectivity index (χ2n) is 39.8. The monoisotopic (exact) mass is 1940 g/mol. The highest BCUT2D eigenvalue weighted by Gasteiger charge is 2.44. The van der Waals surface area contributed by atoms with E-state index in [1.165, 1.54) is 0 Å². The molecule has 0 saturated heterocycles. The summed E-state index contributed by atoms with van der Waals surface area (Å²) in [6, 6.07) is 0. The molecule has 1 N–H and O–H groups in total. The van der Waals surface area contributed by atoms with Crippen LogP contribution in [0.15, 0.2) is 44.2 Å². The number of nitrogens with zero attached hydrogens (tertiary/aromatic N) is 11. The van der Waals surface area contributed by atoms with Crippen molar-refractivity contribution in [3.05, 3.63) is 47.8 Å². The standard InChI is InChI=1S/C100H156Cl4N12O9S4/c1-29-113(25,30-2)44-55-126-89-69(60-117-59-68(23)24)70-71(82(78(89)101)118-48-37-61(9)10)95-106-93(70)105-94-72-73(86(122-52-41-65(17)18)90(127-56-45-114(26,31-3)32-4)79(102)83(72)119-49-38-62(11)12)96(107-94)109-97-74-77(88(124-54-43-67(21)22)92(129-58-47-116(28,35-7)36-8)80(103)84(74)120-50-39-63(13)14)100-110-99-75-76(98(108-95)112(99)125-111(97)100)87(123-53-42-66(19)20)91(128-57-46-115(27,33-5)34-6)81(104)85(75)121-51-40-64(15)16/h61-68H,29-60H2,1-28H3/q+4/p+1. The second kappa shape index (κ2) is 47.7. The van der Waals surface area contributed by atoms with E-state index in [2.05, 4.69) is 199 Å². The van der Waals surface area contributed by atoms with Crippen LogP contribution in [0.5, 0.6) is 40.2 Å². The van der Waals surface area contributed by atoms with Crippen LogP contribution < -0.4 is 48.9 Å². The first-order valence-corrected chi connectivity index (χ1v) is 53.8. The topological polar surface area (TPSA) is 173 Å². The normalized spacial score (nSPS) is 13.5. The molecule has 4 aromatic carbocycles. The Kier molecular flexibility index (Phi) is 39.2. The lowest BCUT2D eigenvalue weighted by Gasteiger charge is -2.32. The Balaban J connectivity index is 1.61. The Morgan fingerprint density at radius 3 is 1.08 bits per heavy atom. The molecule has 6 bridgehead atoms. The fourth-order valence-corrected chi connectivity index (χ4v) is 22.0. The summed E-state index contributed by atoms with van der Waals surface area (Å²) >= 11 is 40.3. The van der Waals surface area contributed by atoms with Gasteiger partial charge in [0.1, 0.15) is 54.0 Å². The number of aromatic nitrogens is 4. The molecule has 0 aliphatic carbocycles. The van der Waals surface area contributed by atoms with E-state index in [9.17, 15) is 0 Å². The molecule has 0 spiro atoms. The van der Waals surface area contributed by atoms with Gasteiger partial charge in [0.15, 0.2) is 34.7 Å². The Morgan fingerprint density at radius 1 is 0.364 bits per heavy atom. The van der Waals surface area contributed by atoms with Crippen LogP contribution in [0.2, 0.25) is 20.1 Å². The number of nitrogens with one attached hydrogen (secondary N) is 1. The van der Waals surface area contributed by atoms with E-state index in [1.807, 2.05) is 0 Å². The summed E-state index contributed by atoms with van der Waals surface area (Å²) in [4.78, 5) is 37.5. The molecule has 10 rings (SSSR count). The van der Waals surface area contributed by atoms with Crippen LogP contribution in [0.25, 0.3) is 43.8 Å². The van der Waals surface area contributed by atoms with Crippen molar-refractivity contribution in [3.63, 3.8) is 0 Å². The number of ether oxygens (including phenoxy) is 8. The number of amidine groups is 2. The number of halogens is 4. The molecule has 0 fully saturated rings. The van der Waals surface area contributed by atoms with Gasteiger partial charge in [0.05, 0.1) is 201 Å². The highest BCUT2D eigenvalue weighted by Crippen LogP contribution is 2.58. The molecule has 129 heavy (non-hydrogen) atoms. The van der Waals surface area contributed by atoms with Gasteiger partial charge in [0.25, 0.3) is 17.3 Å². The molecule has 0 atom stereocenters. The Morgan fingerprint density at radius 2 is 0.690 bits per heavy atom. The van der Waals surface area contributed by atoms with E-state index in [0.29, 0.717) is 226 Å². The van der Waals surface area contributed by atoms with E-state index in [-0.39, 0.29) is 71.4 Å². The largest absolute Gasteiger partial charge is 0.491 e. The maximum absolute atomic E-state index is 8.41. The molecule has 0 unspecified atom stereocenters. The number of benzene rings is 4. The summed E-state index contributed by atoms with van der Waals surface area (Å²) in [7, 11) is 9.27. The van der Waals surface area contributed by atoms with Gasteiger partial charge in [0.2, 0.25) is 11.3 Å². The van der Waals surface area contributed by atoms with Crippen LogP contribution in [-0.2, 0) is 11.3 Å². The zero-order chi connectivity index (χ0) is 94.3. The summed E-state index contributed by atoms with van der Waals surface area (Å²) in [5.41, 5.74) is 2.93. The molecule has 6 aromatic rings. The van der Waals surface area contributed by atoms with Gasteiger partial charge in [0, 0.05) is 45.6 Å². The van der Waals surface area contributed by atoms with Crippen LogP contribution in [0.1, 0.15) is 228 Å². The Bertz CT molecular complexity index is 5280. The lowest BCUT2D eigenvalue weighted by molar-refractivity contribution is -0.903. The van der Waals surface area contributed by atoms with E-state index < -0.39 is 0 Å². The molecular formula is C100H157Cl4N12O9S4+5. The predicted octanol–water partition coefficient (Wildman–Crippen LogP) is 24.9. The second-order valence-corrected chi connectivity index (χ2v) is 45.7. The summed E-state index contributed by atoms with van der Waals surface area (Å²) in [6.45, 7) is 67.2. The lowest BCUT2D eigenvalue weighted by Crippen LogP contribution is -2.45. The minimum Gasteiger partial charge on any atom is -0.491 e. The highest BCUT2D eigenvalue weighted by molar-refractivity contribution is 8.00. The molecule has 6 heterocycles. The van der Waals surface area contributed by atoms with Crippen LogP contribution in [-0.4, -0.2) is 227 Å². The van der Waals surface area contributed by atoms with Crippen LogP contribution >= 0.6 is 93.5 Å². The number of quaternary nitrogens is 4. The van der Waals surface area contributed by atoms with Gasteiger partial charge in [-0.2, -0.15) is 9.62 Å². The van der Waals surface area contributed by atoms with Gasteiger partial charge in [-0.15, -0.1) is 52.0 Å². The van der Waals surface area contributed by atoms with E-state index >= 15 is 0 Å². The minimum absolute atomic E-state index is 0.131. The number of aromatic amines is 1. The predicted molar refractivity (Wildman–Crippen MR) is 545 cm³/mol. The molecule has 0 saturated carbocycles. The maximum Gasteiger partial charge on any atom is 0.287 e. The average molecular weight is 1940 g/mol. The van der Waals surface area contributed by atoms with Crippen molar-refractivity contribution in [1.82, 2.24) is 14.5 Å². The van der Waals surface area contributed by atoms with Gasteiger partial charge in [-0.3, -0.25) is 0 Å². The van der Waals surface area contributed by atoms with Gasteiger partial charge in [-0.1, -0.05) is 162 Å². The fourth-order valence-electron chi connectivity index (χ4n) is 15.3. The summed E-state index contributed by atoms with van der Waals surface area (Å²) in [5, 5.41) is 4.81. The molecular weight excluding hydrogens is 1780 g/mol. The number of H-pyrrole nitrogens is 1. The number of rotatable bonds is 56. The number of thioether (sulfide) groups is 4. The zero-order valence-corrected chi connectivity index (χ0v) is 89.8. The molecule has 718 valence electrons. The molecule has 0 radical (unpaired) electrons. The van der Waals surface area contributed by atoms with Crippen molar-refractivity contribution in [3.8, 4) is 46.1 Å². The first-order valence-electron chi connectivity index (χ1n) is 48.3. The van der Waals surface area contributed by atoms with Crippen molar-refractivity contribution in [2.24, 2.45) is 67.3 Å². The van der Waals surface area contributed by atoms with Gasteiger partial charge in [-0.25, -0.2) is 9.98 Å². The average Bonchev–Trinajstić information content (AvgIpc) is 1.53. The quantitative estimate of drug-likeness (QED) is 0.0217. The molecule has 21 nitrogen and oxygen atoms in total. The van der Waals surface area contributed by atoms with Crippen LogP contribution in [0, 0.1) is 47.3 Å². The summed E-state index contributed by atoms with van der Waals surface area (Å²) in [6.07, 6.45) is 5.02. The zero-order valence-electron chi connectivity index (χ0n) is 83.5. The van der Waals surface area contributed by atoms with E-state index in [1.54, 1.807) is 56.4 Å². The van der Waals surface area contributed by atoms with Crippen LogP contribution in [0.3, 0.4) is 0 Å². The smallest absolute Gasteiger partial charge is 0.287 e. The SMILES string of the molecule is CC[N+](C)(CC)CCSc1c(Cl)c(OCCC(C)C)c2c(c1COCC(C)C)C1=NC2=Nc2c3c(OCCC(C)C)c(SCC[N+](C)(CC)CC)c(Cl)c(OCCC(C)C)c3c3nc4c5c(OCCC(C)C)c(SCC[N+](C)(CC)CC)c(Cl)c(OCCC(C)C)c5c([n+]-4on23)N=c2[nH]c(c3c(OCCC(C)C)c(Cl)c(SCC[N+](C)(CC)CC)c(OCCC(C)C)c23)=N1. The summed E-state index contributed by atoms with van der Waals surface area (Å²) < 4.78 is 74.4. The van der Waals surface area contributed by atoms with E-state index in [0.717, 1.165) is 148 Å². The molecule has 4 aliphatic rings. The van der Waals surface area contributed by atoms with Gasteiger partial charge >= 0.3 is 0 Å². The van der Waals surface area contributed by atoms with Crippen molar-refractivity contribution < 1.29 is 65.2 Å². The van der Waals surface area contributed by atoms with Crippen molar-refractivity contribution in [1.29, 1.82) is 0 Å². The number of hydrogen-bond acceptors (Lipinski definition) is 18. The molecule has 0 amide bonds. The van der Waals surface area contributed by atoms with Crippen molar-refractivity contribution in [2.75, 3.05) is 183 Å². The minimum atomic E-state index is 0.131. The first-order chi connectivity index (χ1) is 61.3. The Labute approximate surface area is 809 Å². The maximum atomic E-state index is 8.41. The van der Waals surface area contributed by atoms with Crippen LogP contribution in [0.4, 0.5) is 11.6 Å². The van der Waals surface area contributed by atoms with Gasteiger partial charge < -0.3 is 60.8 Å². The van der Waals surface area contributed by atoms with E-state index in [4.69, 9.17) is 114 Å². The molecule has 2 aromatic heterocycles. The van der Waals surface area contributed by atoms with Gasteiger partial charge in [-0.05, 0) is 157 Å². The third kappa shape index (κ3) is 25.3. The number of fused-ring (bicyclic) bond motifs is 15. The Hall–Kier alpha value is -5.00. The first kappa shape index (κ1) is 106. The third-order valence-electron chi connectivity index (χ3n) is 26.3. The van der Waals surface area contributed by atoms with Crippen molar-refractivity contribution in [2.45, 2.75) is 237 Å². The summed E-state index contributed by atoms with van der Waals surface area (Å²) in [5.74, 6) is 9.42. The lowest BCUT2D eigenvalue weighted by atomic mass is 10.00. The molecule has 29 heteroatoms. The fraction of sp³-hybridized carbons (Fsp3) is 0.680.